The fourth-order valence-electron chi connectivity index (χ4n) is 2.25. The second-order valence-electron chi connectivity index (χ2n) is 4.96. The highest BCUT2D eigenvalue weighted by atomic mass is 32.1. The second kappa shape index (κ2) is 6.30. The van der Waals surface area contributed by atoms with Crippen LogP contribution in [-0.4, -0.2) is 46.7 Å². The van der Waals surface area contributed by atoms with Crippen molar-refractivity contribution in [3.63, 3.8) is 0 Å². The SMILES string of the molecule is O=C(NCC1CNCC1O)c1cnc(-c2ccncc2)s1. The predicted molar refractivity (Wildman–Crippen MR) is 80.0 cm³/mol. The number of amides is 1. The molecule has 6 nitrogen and oxygen atoms in total. The van der Waals surface area contributed by atoms with Crippen LogP contribution in [0.5, 0.6) is 0 Å². The topological polar surface area (TPSA) is 87.1 Å². The van der Waals surface area contributed by atoms with Gasteiger partial charge in [0, 0.05) is 43.5 Å². The summed E-state index contributed by atoms with van der Waals surface area (Å²) < 4.78 is 0. The molecule has 3 rings (SSSR count). The molecule has 0 aromatic carbocycles. The summed E-state index contributed by atoms with van der Waals surface area (Å²) in [6.45, 7) is 1.79. The number of aromatic nitrogens is 2. The quantitative estimate of drug-likeness (QED) is 0.766. The lowest BCUT2D eigenvalue weighted by atomic mass is 10.1. The van der Waals surface area contributed by atoms with Gasteiger partial charge in [-0.15, -0.1) is 11.3 Å². The fraction of sp³-hybridized carbons (Fsp3) is 0.357. The molecule has 1 aliphatic rings. The van der Waals surface area contributed by atoms with E-state index in [4.69, 9.17) is 0 Å². The summed E-state index contributed by atoms with van der Waals surface area (Å²) in [6, 6.07) is 3.72. The summed E-state index contributed by atoms with van der Waals surface area (Å²) in [7, 11) is 0. The van der Waals surface area contributed by atoms with Gasteiger partial charge in [-0.25, -0.2) is 4.98 Å². The van der Waals surface area contributed by atoms with Crippen LogP contribution < -0.4 is 10.6 Å². The van der Waals surface area contributed by atoms with Crippen LogP contribution in [0.25, 0.3) is 10.6 Å². The summed E-state index contributed by atoms with van der Waals surface area (Å²) in [6.07, 6.45) is 4.59. The van der Waals surface area contributed by atoms with Gasteiger partial charge < -0.3 is 15.7 Å². The maximum absolute atomic E-state index is 12.1. The van der Waals surface area contributed by atoms with E-state index in [1.165, 1.54) is 11.3 Å². The van der Waals surface area contributed by atoms with Crippen LogP contribution in [0.1, 0.15) is 9.67 Å². The van der Waals surface area contributed by atoms with Crippen molar-refractivity contribution in [1.29, 1.82) is 0 Å². The van der Waals surface area contributed by atoms with E-state index in [0.29, 0.717) is 18.0 Å². The van der Waals surface area contributed by atoms with E-state index in [-0.39, 0.29) is 17.9 Å². The molecule has 3 heterocycles. The largest absolute Gasteiger partial charge is 0.391 e. The van der Waals surface area contributed by atoms with Crippen LogP contribution in [0.4, 0.5) is 0 Å². The van der Waals surface area contributed by atoms with Crippen LogP contribution in [0.15, 0.2) is 30.7 Å². The summed E-state index contributed by atoms with van der Waals surface area (Å²) in [5.74, 6) is -0.0755. The molecule has 1 aliphatic heterocycles. The van der Waals surface area contributed by atoms with E-state index >= 15 is 0 Å². The van der Waals surface area contributed by atoms with E-state index in [1.807, 2.05) is 12.1 Å². The first-order valence-electron chi connectivity index (χ1n) is 6.77. The minimum absolute atomic E-state index is 0.0709. The van der Waals surface area contributed by atoms with Crippen LogP contribution in [0, 0.1) is 5.92 Å². The number of rotatable bonds is 4. The molecule has 2 atom stereocenters. The number of aliphatic hydroxyl groups is 1. The molecule has 0 saturated carbocycles. The Morgan fingerprint density at radius 3 is 2.95 bits per heavy atom. The number of thiazole rings is 1. The third-order valence-electron chi connectivity index (χ3n) is 3.49. The normalized spacial score (nSPS) is 21.4. The van der Waals surface area contributed by atoms with Crippen LogP contribution in [0.2, 0.25) is 0 Å². The first-order valence-corrected chi connectivity index (χ1v) is 7.59. The molecule has 3 N–H and O–H groups in total. The number of pyridine rings is 1. The van der Waals surface area contributed by atoms with Gasteiger partial charge in [0.1, 0.15) is 9.88 Å². The Morgan fingerprint density at radius 1 is 1.43 bits per heavy atom. The minimum Gasteiger partial charge on any atom is -0.391 e. The van der Waals surface area contributed by atoms with E-state index in [1.54, 1.807) is 18.6 Å². The highest BCUT2D eigenvalue weighted by Gasteiger charge is 2.25. The Kier molecular flexibility index (Phi) is 4.23. The highest BCUT2D eigenvalue weighted by molar-refractivity contribution is 7.16. The molecule has 2 unspecified atom stereocenters. The molecule has 0 spiro atoms. The van der Waals surface area contributed by atoms with Crippen molar-refractivity contribution < 1.29 is 9.90 Å². The number of carbonyl (C=O) groups excluding carboxylic acids is 1. The van der Waals surface area contributed by atoms with E-state index < -0.39 is 0 Å². The van der Waals surface area contributed by atoms with Crippen LogP contribution in [0.3, 0.4) is 0 Å². The lowest BCUT2D eigenvalue weighted by Crippen LogP contribution is -2.34. The molecular formula is C14H16N4O2S. The van der Waals surface area contributed by atoms with Gasteiger partial charge in [0.15, 0.2) is 0 Å². The zero-order chi connectivity index (χ0) is 14.7. The molecule has 7 heteroatoms. The van der Waals surface area contributed by atoms with Gasteiger partial charge in [-0.3, -0.25) is 9.78 Å². The molecular weight excluding hydrogens is 288 g/mol. The van der Waals surface area contributed by atoms with Crippen molar-refractivity contribution in [2.75, 3.05) is 19.6 Å². The monoisotopic (exact) mass is 304 g/mol. The Balaban J connectivity index is 1.62. The van der Waals surface area contributed by atoms with Crippen molar-refractivity contribution in [2.24, 2.45) is 5.92 Å². The van der Waals surface area contributed by atoms with E-state index in [0.717, 1.165) is 17.1 Å². The number of β-amino-alcohol motifs (C(OH)–C–C–N with tert-alkyl or cyclic N) is 1. The molecule has 0 bridgehead atoms. The lowest BCUT2D eigenvalue weighted by Gasteiger charge is -2.13. The maximum Gasteiger partial charge on any atom is 0.263 e. The number of nitrogens with one attached hydrogen (secondary N) is 2. The summed E-state index contributed by atoms with van der Waals surface area (Å²) in [4.78, 5) is 20.9. The van der Waals surface area contributed by atoms with Crippen molar-refractivity contribution in [3.8, 4) is 10.6 Å². The molecule has 2 aromatic rings. The van der Waals surface area contributed by atoms with Gasteiger partial charge in [0.2, 0.25) is 0 Å². The van der Waals surface area contributed by atoms with Gasteiger partial charge in [-0.2, -0.15) is 0 Å². The Hall–Kier alpha value is -1.83. The number of nitrogens with zero attached hydrogens (tertiary/aromatic N) is 2. The number of carbonyl (C=O) groups is 1. The van der Waals surface area contributed by atoms with Gasteiger partial charge >= 0.3 is 0 Å². The lowest BCUT2D eigenvalue weighted by molar-refractivity contribution is 0.0931. The summed E-state index contributed by atoms with van der Waals surface area (Å²) in [5.41, 5.74) is 0.949. The molecule has 0 aliphatic carbocycles. The fourth-order valence-corrected chi connectivity index (χ4v) is 3.08. The average Bonchev–Trinajstić information content (AvgIpc) is 3.15. The third kappa shape index (κ3) is 3.26. The van der Waals surface area contributed by atoms with Gasteiger partial charge in [0.05, 0.1) is 12.3 Å². The summed E-state index contributed by atoms with van der Waals surface area (Å²) >= 11 is 1.35. The molecule has 1 saturated heterocycles. The van der Waals surface area contributed by atoms with Gasteiger partial charge in [-0.1, -0.05) is 0 Å². The van der Waals surface area contributed by atoms with Crippen molar-refractivity contribution in [1.82, 2.24) is 20.6 Å². The zero-order valence-corrected chi connectivity index (χ0v) is 12.1. The maximum atomic E-state index is 12.1. The van der Waals surface area contributed by atoms with Gasteiger partial charge in [-0.05, 0) is 12.1 Å². The average molecular weight is 304 g/mol. The van der Waals surface area contributed by atoms with Crippen molar-refractivity contribution >= 4 is 17.2 Å². The summed E-state index contributed by atoms with van der Waals surface area (Å²) in [5, 5.41) is 16.4. The van der Waals surface area contributed by atoms with E-state index in [9.17, 15) is 9.90 Å². The number of aliphatic hydroxyl groups excluding tert-OH is 1. The number of hydrogen-bond acceptors (Lipinski definition) is 6. The molecule has 110 valence electrons. The highest BCUT2D eigenvalue weighted by Crippen LogP contribution is 2.24. The first-order chi connectivity index (χ1) is 10.2. The van der Waals surface area contributed by atoms with Crippen molar-refractivity contribution in [2.45, 2.75) is 6.10 Å². The Morgan fingerprint density at radius 2 is 2.24 bits per heavy atom. The Labute approximate surface area is 126 Å². The predicted octanol–water partition coefficient (Wildman–Crippen LogP) is 0.515. The molecule has 21 heavy (non-hydrogen) atoms. The van der Waals surface area contributed by atoms with Gasteiger partial charge in [0.25, 0.3) is 5.91 Å². The van der Waals surface area contributed by atoms with Crippen LogP contribution >= 0.6 is 11.3 Å². The second-order valence-corrected chi connectivity index (χ2v) is 5.99. The van der Waals surface area contributed by atoms with E-state index in [2.05, 4.69) is 20.6 Å². The Bertz CT molecular complexity index is 616. The zero-order valence-electron chi connectivity index (χ0n) is 11.3. The standard InChI is InChI=1S/C14H16N4O2S/c19-11-7-16-5-10(11)6-17-13(20)12-8-18-14(21-12)9-1-3-15-4-2-9/h1-4,8,10-11,16,19H,5-7H2,(H,17,20). The molecule has 1 fully saturated rings. The molecule has 0 radical (unpaired) electrons. The minimum atomic E-state index is -0.390. The smallest absolute Gasteiger partial charge is 0.263 e. The molecule has 2 aromatic heterocycles. The molecule has 1 amide bonds. The van der Waals surface area contributed by atoms with Crippen molar-refractivity contribution in [3.05, 3.63) is 35.6 Å². The number of hydrogen-bond donors (Lipinski definition) is 3. The third-order valence-corrected chi connectivity index (χ3v) is 4.53. The van der Waals surface area contributed by atoms with Crippen LogP contribution in [-0.2, 0) is 0 Å². The first kappa shape index (κ1) is 14.1.